The number of hydrogen-bond acceptors (Lipinski definition) is 5. The molecule has 0 saturated heterocycles. The Balaban J connectivity index is 2.16. The number of alkyl halides is 3. The molecule has 6 nitrogen and oxygen atoms in total. The molecule has 0 aliphatic rings. The van der Waals surface area contributed by atoms with E-state index < -0.39 is 9.89 Å². The largest absolute Gasteiger partial charge is 0.493 e. The molecule has 1 amide bonds. The molecule has 0 unspecified atom stereocenters. The number of furan rings is 1. The zero-order valence-corrected chi connectivity index (χ0v) is 16.7. The average Bonchev–Trinajstić information content (AvgIpc) is 2.99. The van der Waals surface area contributed by atoms with Crippen LogP contribution in [-0.2, 0) is 11.2 Å². The summed E-state index contributed by atoms with van der Waals surface area (Å²) in [4.78, 5) is 25.2. The number of carbonyl (C=O) groups is 2. The van der Waals surface area contributed by atoms with Crippen molar-refractivity contribution < 1.29 is 23.5 Å². The summed E-state index contributed by atoms with van der Waals surface area (Å²) in [6.07, 6.45) is 1.38. The lowest BCUT2D eigenvalue weighted by Crippen LogP contribution is -2.31. The molecule has 0 saturated carbocycles. The predicted octanol–water partition coefficient (Wildman–Crippen LogP) is 4.63. The SMILES string of the molecule is COc1ccc(C(C)=O)c2c(CCN(C)C(=O)OCC(Cl)(Cl)Cl)coc12. The van der Waals surface area contributed by atoms with E-state index in [9.17, 15) is 9.59 Å². The van der Waals surface area contributed by atoms with Crippen molar-refractivity contribution >= 4 is 57.6 Å². The van der Waals surface area contributed by atoms with E-state index in [0.29, 0.717) is 35.2 Å². The van der Waals surface area contributed by atoms with Crippen molar-refractivity contribution in [3.05, 3.63) is 29.5 Å². The second-order valence-electron chi connectivity index (χ2n) is 5.68. The summed E-state index contributed by atoms with van der Waals surface area (Å²) in [5.74, 6) is 0.447. The van der Waals surface area contributed by atoms with Gasteiger partial charge in [0.25, 0.3) is 0 Å². The molecular formula is C17H18Cl3NO5. The molecule has 0 aliphatic carbocycles. The van der Waals surface area contributed by atoms with Crippen LogP contribution in [0.3, 0.4) is 0 Å². The molecule has 0 bridgehead atoms. The zero-order chi connectivity index (χ0) is 19.5. The lowest BCUT2D eigenvalue weighted by molar-refractivity contribution is 0.101. The fraction of sp³-hybridized carbons (Fsp3) is 0.412. The third-order valence-electron chi connectivity index (χ3n) is 3.75. The number of Topliss-reactive ketones (excluding diaryl/α,β-unsaturated/α-hetero) is 1. The van der Waals surface area contributed by atoms with Gasteiger partial charge in [-0.1, -0.05) is 34.8 Å². The number of halogens is 3. The van der Waals surface area contributed by atoms with Gasteiger partial charge < -0.3 is 18.8 Å². The van der Waals surface area contributed by atoms with Crippen LogP contribution in [0, 0.1) is 0 Å². The number of benzene rings is 1. The predicted molar refractivity (Wildman–Crippen MR) is 101 cm³/mol. The first-order valence-corrected chi connectivity index (χ1v) is 8.80. The second kappa shape index (κ2) is 8.37. The van der Waals surface area contributed by atoms with Crippen LogP contribution >= 0.6 is 34.8 Å². The standard InChI is InChI=1S/C17H18Cl3NO5/c1-10(22)12-4-5-13(24-3)15-14(12)11(8-25-15)6-7-21(2)16(23)26-9-17(18,19)20/h4-5,8H,6-7,9H2,1-3H3. The van der Waals surface area contributed by atoms with Crippen LogP contribution in [0.5, 0.6) is 5.75 Å². The lowest BCUT2D eigenvalue weighted by Gasteiger charge is -2.18. The normalized spacial score (nSPS) is 11.5. The van der Waals surface area contributed by atoms with Gasteiger partial charge in [0.2, 0.25) is 3.79 Å². The lowest BCUT2D eigenvalue weighted by atomic mass is 10.0. The molecule has 26 heavy (non-hydrogen) atoms. The van der Waals surface area contributed by atoms with Crippen molar-refractivity contribution in [3.63, 3.8) is 0 Å². The minimum Gasteiger partial charge on any atom is -0.493 e. The van der Waals surface area contributed by atoms with Gasteiger partial charge in [-0.3, -0.25) is 4.79 Å². The molecule has 0 fully saturated rings. The molecule has 0 radical (unpaired) electrons. The molecule has 1 aromatic carbocycles. The molecule has 2 aromatic rings. The minimum atomic E-state index is -1.66. The van der Waals surface area contributed by atoms with Crippen LogP contribution in [0.1, 0.15) is 22.8 Å². The van der Waals surface area contributed by atoms with Gasteiger partial charge >= 0.3 is 6.09 Å². The molecule has 0 aliphatic heterocycles. The molecule has 1 aromatic heterocycles. The third kappa shape index (κ3) is 4.96. The van der Waals surface area contributed by atoms with E-state index in [1.807, 2.05) is 0 Å². The Morgan fingerprint density at radius 3 is 2.54 bits per heavy atom. The number of hydrogen-bond donors (Lipinski definition) is 0. The van der Waals surface area contributed by atoms with E-state index >= 15 is 0 Å². The number of nitrogens with zero attached hydrogens (tertiary/aromatic N) is 1. The molecule has 1 heterocycles. The van der Waals surface area contributed by atoms with Gasteiger partial charge in [0.05, 0.1) is 13.4 Å². The molecule has 142 valence electrons. The number of ether oxygens (including phenoxy) is 2. The first-order valence-electron chi connectivity index (χ1n) is 7.66. The van der Waals surface area contributed by atoms with E-state index in [0.717, 1.165) is 5.56 Å². The van der Waals surface area contributed by atoms with Gasteiger partial charge in [0.1, 0.15) is 6.61 Å². The number of ketones is 1. The van der Waals surface area contributed by atoms with Crippen LogP contribution < -0.4 is 4.74 Å². The summed E-state index contributed by atoms with van der Waals surface area (Å²) in [6.45, 7) is 1.46. The van der Waals surface area contributed by atoms with Gasteiger partial charge in [-0.2, -0.15) is 0 Å². The highest BCUT2D eigenvalue weighted by Crippen LogP contribution is 2.33. The number of methoxy groups -OCH3 is 1. The Morgan fingerprint density at radius 1 is 1.27 bits per heavy atom. The molecule has 0 spiro atoms. The van der Waals surface area contributed by atoms with E-state index in [1.54, 1.807) is 25.4 Å². The molecule has 0 atom stereocenters. The molecule has 0 N–H and O–H groups in total. The van der Waals surface area contributed by atoms with Crippen LogP contribution in [0.15, 0.2) is 22.8 Å². The van der Waals surface area contributed by atoms with Crippen molar-refractivity contribution in [2.75, 3.05) is 27.3 Å². The minimum absolute atomic E-state index is 0.0873. The summed E-state index contributed by atoms with van der Waals surface area (Å²) in [7, 11) is 3.09. The quantitative estimate of drug-likeness (QED) is 0.501. The van der Waals surface area contributed by atoms with E-state index in [4.69, 9.17) is 48.7 Å². The zero-order valence-electron chi connectivity index (χ0n) is 14.5. The van der Waals surface area contributed by atoms with Gasteiger partial charge in [0.15, 0.2) is 17.1 Å². The van der Waals surface area contributed by atoms with Crippen LogP contribution in [0.2, 0.25) is 0 Å². The highest BCUT2D eigenvalue weighted by atomic mass is 35.6. The Morgan fingerprint density at radius 2 is 1.96 bits per heavy atom. The number of fused-ring (bicyclic) bond motifs is 1. The van der Waals surface area contributed by atoms with Crippen molar-refractivity contribution in [1.82, 2.24) is 4.90 Å². The number of rotatable bonds is 6. The Labute approximate surface area is 165 Å². The Kier molecular flexibility index (Phi) is 6.66. The first-order chi connectivity index (χ1) is 12.1. The smallest absolute Gasteiger partial charge is 0.409 e. The summed E-state index contributed by atoms with van der Waals surface area (Å²) >= 11 is 16.7. The maximum Gasteiger partial charge on any atom is 0.409 e. The Bertz CT molecular complexity index is 813. The van der Waals surface area contributed by atoms with Crippen LogP contribution in [0.4, 0.5) is 4.79 Å². The summed E-state index contributed by atoms with van der Waals surface area (Å²) in [5.41, 5.74) is 1.81. The van der Waals surface area contributed by atoms with E-state index in [1.165, 1.54) is 18.9 Å². The third-order valence-corrected chi connectivity index (χ3v) is 4.08. The average molecular weight is 423 g/mol. The molecular weight excluding hydrogens is 405 g/mol. The molecule has 2 rings (SSSR count). The summed E-state index contributed by atoms with van der Waals surface area (Å²) in [6, 6.07) is 3.38. The highest BCUT2D eigenvalue weighted by Gasteiger charge is 2.24. The van der Waals surface area contributed by atoms with Gasteiger partial charge in [0, 0.05) is 30.1 Å². The van der Waals surface area contributed by atoms with Crippen LogP contribution in [0.25, 0.3) is 11.0 Å². The summed E-state index contributed by atoms with van der Waals surface area (Å²) in [5, 5.41) is 0.680. The van der Waals surface area contributed by atoms with Gasteiger partial charge in [-0.05, 0) is 25.5 Å². The fourth-order valence-electron chi connectivity index (χ4n) is 2.46. The fourth-order valence-corrected chi connectivity index (χ4v) is 2.62. The maximum absolute atomic E-state index is 11.9. The van der Waals surface area contributed by atoms with Crippen molar-refractivity contribution in [3.8, 4) is 5.75 Å². The number of amides is 1. The second-order valence-corrected chi connectivity index (χ2v) is 8.19. The Hall–Kier alpha value is -1.63. The van der Waals surface area contributed by atoms with Crippen molar-refractivity contribution in [1.29, 1.82) is 0 Å². The van der Waals surface area contributed by atoms with Crippen molar-refractivity contribution in [2.24, 2.45) is 0 Å². The van der Waals surface area contributed by atoms with E-state index in [2.05, 4.69) is 0 Å². The van der Waals surface area contributed by atoms with Crippen LogP contribution in [-0.4, -0.2) is 47.9 Å². The monoisotopic (exact) mass is 421 g/mol. The summed E-state index contributed by atoms with van der Waals surface area (Å²) < 4.78 is 14.1. The molecule has 9 heteroatoms. The van der Waals surface area contributed by atoms with Gasteiger partial charge in [-0.15, -0.1) is 0 Å². The number of carbonyl (C=O) groups excluding carboxylic acids is 2. The highest BCUT2D eigenvalue weighted by molar-refractivity contribution is 6.67. The van der Waals surface area contributed by atoms with E-state index in [-0.39, 0.29) is 12.4 Å². The first kappa shape index (κ1) is 20.7. The van der Waals surface area contributed by atoms with Crippen molar-refractivity contribution in [2.45, 2.75) is 17.1 Å². The maximum atomic E-state index is 11.9. The topological polar surface area (TPSA) is 69.0 Å². The number of likely N-dealkylation sites (N-methyl/N-ethyl adjacent to an activating group) is 1. The van der Waals surface area contributed by atoms with Gasteiger partial charge in [-0.25, -0.2) is 4.79 Å².